The first kappa shape index (κ1) is 28.4. The van der Waals surface area contributed by atoms with Crippen LogP contribution in [0.1, 0.15) is 64.2 Å². The number of carbonyl (C=O) groups is 1. The SMILES string of the molecule is C=CC(=O)N1CCC(O)(C#CC2C(C3CCC(OC4CCCCC4)C(Cl)C3)C3C(N)NCNC3N2C)CC1. The number of carbonyl (C=O) groups excluding carboxylic acids is 1. The fourth-order valence-electron chi connectivity index (χ4n) is 7.67. The molecule has 0 bridgehead atoms. The first-order valence-electron chi connectivity index (χ1n) is 14.7. The molecule has 0 aromatic carbocycles. The standard InChI is InChI=1S/C29H46ClN5O3/c1-3-24(36)35-15-13-29(37,14-16-35)12-11-22-25(26-27(31)32-18-33-28(26)34(22)2)19-9-10-23(21(30)17-19)38-20-7-5-4-6-8-20/h3,19-23,25-28,32-33,37H,1,4-10,13-18,31H2,2H3. The first-order valence-corrected chi connectivity index (χ1v) is 15.1. The molecule has 0 aromatic heterocycles. The molecule has 3 aliphatic heterocycles. The van der Waals surface area contributed by atoms with Crippen LogP contribution in [0.15, 0.2) is 12.7 Å². The van der Waals surface area contributed by atoms with Crippen LogP contribution in [0.25, 0.3) is 0 Å². The fraction of sp³-hybridized carbons (Fsp3) is 0.828. The number of likely N-dealkylation sites (tertiary alicyclic amines) is 2. The Morgan fingerprint density at radius 1 is 1.16 bits per heavy atom. The van der Waals surface area contributed by atoms with Gasteiger partial charge >= 0.3 is 0 Å². The average Bonchev–Trinajstić information content (AvgIpc) is 3.22. The van der Waals surface area contributed by atoms with Crippen LogP contribution in [-0.4, -0.2) is 89.2 Å². The second-order valence-corrected chi connectivity index (χ2v) is 12.7. The van der Waals surface area contributed by atoms with Crippen molar-refractivity contribution in [3.63, 3.8) is 0 Å². The van der Waals surface area contributed by atoms with Crippen LogP contribution >= 0.6 is 11.6 Å². The number of piperidine rings is 1. The quantitative estimate of drug-likeness (QED) is 0.242. The molecule has 5 aliphatic rings. The second kappa shape index (κ2) is 12.1. The zero-order valence-corrected chi connectivity index (χ0v) is 23.5. The third-order valence-electron chi connectivity index (χ3n) is 9.86. The van der Waals surface area contributed by atoms with Gasteiger partial charge in [0.1, 0.15) is 5.60 Å². The molecule has 38 heavy (non-hydrogen) atoms. The molecular formula is C29H46ClN5O3. The highest BCUT2D eigenvalue weighted by Gasteiger charge is 2.54. The topological polar surface area (TPSA) is 103 Å². The Bertz CT molecular complexity index is 910. The van der Waals surface area contributed by atoms with E-state index in [1.54, 1.807) is 4.90 Å². The Labute approximate surface area is 233 Å². The lowest BCUT2D eigenvalue weighted by molar-refractivity contribution is -0.128. The number of fused-ring (bicyclic) bond motifs is 1. The van der Waals surface area contributed by atoms with Crippen molar-refractivity contribution in [2.45, 2.75) is 106 Å². The van der Waals surface area contributed by atoms with Gasteiger partial charge in [0.2, 0.25) is 5.91 Å². The van der Waals surface area contributed by atoms with Gasteiger partial charge in [0.25, 0.3) is 0 Å². The number of alkyl halides is 1. The molecule has 2 aliphatic carbocycles. The van der Waals surface area contributed by atoms with Crippen molar-refractivity contribution in [3.05, 3.63) is 12.7 Å². The number of amides is 1. The molecule has 0 radical (unpaired) electrons. The van der Waals surface area contributed by atoms with Crippen LogP contribution < -0.4 is 16.4 Å². The Kier molecular flexibility index (Phi) is 9.06. The fourth-order valence-corrected chi connectivity index (χ4v) is 8.08. The van der Waals surface area contributed by atoms with Crippen molar-refractivity contribution >= 4 is 17.5 Å². The summed E-state index contributed by atoms with van der Waals surface area (Å²) < 4.78 is 6.52. The van der Waals surface area contributed by atoms with Gasteiger partial charge in [-0.1, -0.05) is 37.7 Å². The summed E-state index contributed by atoms with van der Waals surface area (Å²) in [4.78, 5) is 16.0. The highest BCUT2D eigenvalue weighted by atomic mass is 35.5. The third kappa shape index (κ3) is 5.95. The van der Waals surface area contributed by atoms with E-state index in [9.17, 15) is 9.90 Å². The smallest absolute Gasteiger partial charge is 0.245 e. The minimum atomic E-state index is -1.09. The lowest BCUT2D eigenvalue weighted by Crippen LogP contribution is -2.63. The number of nitrogens with two attached hydrogens (primary N) is 1. The minimum absolute atomic E-state index is 0.00900. The van der Waals surface area contributed by atoms with Gasteiger partial charge in [-0.25, -0.2) is 0 Å². The van der Waals surface area contributed by atoms with Crippen LogP contribution in [-0.2, 0) is 9.53 Å². The summed E-state index contributed by atoms with van der Waals surface area (Å²) in [5.41, 5.74) is 5.58. The van der Waals surface area contributed by atoms with Gasteiger partial charge in [-0.15, -0.1) is 11.6 Å². The van der Waals surface area contributed by atoms with Crippen LogP contribution in [0.3, 0.4) is 0 Å². The van der Waals surface area contributed by atoms with Gasteiger partial charge in [0, 0.05) is 38.5 Å². The second-order valence-electron chi connectivity index (χ2n) is 12.2. The molecule has 0 aromatic rings. The number of ether oxygens (including phenoxy) is 1. The number of nitrogens with zero attached hydrogens (tertiary/aromatic N) is 2. The van der Waals surface area contributed by atoms with Crippen LogP contribution in [0, 0.1) is 29.6 Å². The molecule has 212 valence electrons. The molecule has 8 atom stereocenters. The van der Waals surface area contributed by atoms with Crippen molar-refractivity contribution in [1.82, 2.24) is 20.4 Å². The Morgan fingerprint density at radius 2 is 1.89 bits per heavy atom. The number of rotatable bonds is 4. The number of hydrogen-bond acceptors (Lipinski definition) is 7. The van der Waals surface area contributed by atoms with Gasteiger partial charge in [0.15, 0.2) is 0 Å². The highest BCUT2D eigenvalue weighted by Crippen LogP contribution is 2.46. The van der Waals surface area contributed by atoms with E-state index in [1.165, 1.54) is 25.3 Å². The Balaban J connectivity index is 1.31. The van der Waals surface area contributed by atoms with E-state index in [4.69, 9.17) is 22.1 Å². The van der Waals surface area contributed by atoms with E-state index in [0.29, 0.717) is 44.6 Å². The molecule has 5 fully saturated rings. The van der Waals surface area contributed by atoms with Crippen molar-refractivity contribution in [2.75, 3.05) is 26.8 Å². The molecular weight excluding hydrogens is 502 g/mol. The molecule has 2 saturated carbocycles. The molecule has 3 heterocycles. The highest BCUT2D eigenvalue weighted by molar-refractivity contribution is 6.21. The first-order chi connectivity index (χ1) is 18.3. The zero-order valence-electron chi connectivity index (χ0n) is 22.8. The van der Waals surface area contributed by atoms with E-state index in [1.807, 2.05) is 0 Å². The summed E-state index contributed by atoms with van der Waals surface area (Å²) in [7, 11) is 2.12. The monoisotopic (exact) mass is 547 g/mol. The molecule has 3 saturated heterocycles. The van der Waals surface area contributed by atoms with Crippen LogP contribution in [0.4, 0.5) is 0 Å². The van der Waals surface area contributed by atoms with E-state index < -0.39 is 5.60 Å². The maximum absolute atomic E-state index is 12.0. The lowest BCUT2D eigenvalue weighted by atomic mass is 9.70. The summed E-state index contributed by atoms with van der Waals surface area (Å²) in [6.45, 7) is 5.21. The number of hydrogen-bond donors (Lipinski definition) is 4. The van der Waals surface area contributed by atoms with Gasteiger partial charge in [0.05, 0.1) is 36.0 Å². The van der Waals surface area contributed by atoms with Gasteiger partial charge < -0.3 is 20.5 Å². The van der Waals surface area contributed by atoms with Crippen LogP contribution in [0.2, 0.25) is 0 Å². The van der Waals surface area contributed by atoms with Crippen LogP contribution in [0.5, 0.6) is 0 Å². The Morgan fingerprint density at radius 3 is 2.58 bits per heavy atom. The summed E-state index contributed by atoms with van der Waals surface area (Å²) in [5.74, 6) is 7.51. The van der Waals surface area contributed by atoms with E-state index in [0.717, 1.165) is 32.1 Å². The summed E-state index contributed by atoms with van der Waals surface area (Å²) >= 11 is 7.03. The summed E-state index contributed by atoms with van der Waals surface area (Å²) in [5, 5.41) is 18.3. The van der Waals surface area contributed by atoms with Gasteiger partial charge in [-0.3, -0.25) is 20.3 Å². The number of nitrogens with one attached hydrogen (secondary N) is 2. The van der Waals surface area contributed by atoms with Crippen molar-refractivity contribution in [1.29, 1.82) is 0 Å². The molecule has 5 N–H and O–H groups in total. The molecule has 9 heteroatoms. The van der Waals surface area contributed by atoms with Gasteiger partial charge in [-0.05, 0) is 57.1 Å². The molecule has 5 rings (SSSR count). The molecule has 1 amide bonds. The lowest BCUT2D eigenvalue weighted by Gasteiger charge is -2.42. The molecule has 8 nitrogen and oxygen atoms in total. The van der Waals surface area contributed by atoms with Gasteiger partial charge in [-0.2, -0.15) is 0 Å². The maximum Gasteiger partial charge on any atom is 0.245 e. The predicted octanol–water partition coefficient (Wildman–Crippen LogP) is 1.96. The van der Waals surface area contributed by atoms with Crippen molar-refractivity contribution < 1.29 is 14.6 Å². The van der Waals surface area contributed by atoms with E-state index in [2.05, 4.69) is 41.0 Å². The predicted molar refractivity (Wildman–Crippen MR) is 149 cm³/mol. The summed E-state index contributed by atoms with van der Waals surface area (Å²) in [6, 6.07) is -0.0370. The zero-order chi connectivity index (χ0) is 26.9. The molecule has 0 spiro atoms. The minimum Gasteiger partial charge on any atom is -0.377 e. The Hall–Kier alpha value is -1.18. The average molecular weight is 548 g/mol. The van der Waals surface area contributed by atoms with E-state index in [-0.39, 0.29) is 47.6 Å². The maximum atomic E-state index is 12.0. The van der Waals surface area contributed by atoms with E-state index >= 15 is 0 Å². The van der Waals surface area contributed by atoms with Crippen molar-refractivity contribution in [2.24, 2.45) is 23.5 Å². The number of halogens is 1. The third-order valence-corrected chi connectivity index (χ3v) is 10.3. The largest absolute Gasteiger partial charge is 0.377 e. The summed E-state index contributed by atoms with van der Waals surface area (Å²) in [6.07, 6.45) is 11.8. The molecule has 8 unspecified atom stereocenters. The normalized spacial score (nSPS) is 40.2. The number of aliphatic hydroxyl groups is 1. The van der Waals surface area contributed by atoms with Crippen molar-refractivity contribution in [3.8, 4) is 11.8 Å².